The Balaban J connectivity index is 0.000000169. The van der Waals surface area contributed by atoms with Crippen molar-refractivity contribution >= 4 is 13.6 Å². The first-order chi connectivity index (χ1) is 18.5. The Kier molecular flexibility index (Phi) is 8.42. The zero-order valence-corrected chi connectivity index (χ0v) is 26.5. The van der Waals surface area contributed by atoms with Crippen LogP contribution in [0.15, 0.2) is 48.5 Å². The van der Waals surface area contributed by atoms with Gasteiger partial charge in [0.05, 0.1) is 0 Å². The van der Waals surface area contributed by atoms with Gasteiger partial charge in [-0.1, -0.05) is 45.0 Å². The molecule has 8 fully saturated rings. The Morgan fingerprint density at radius 1 is 0.718 bits per heavy atom. The maximum Gasteiger partial charge on any atom is 0 e. The van der Waals surface area contributed by atoms with Crippen molar-refractivity contribution in [2.75, 3.05) is 11.9 Å². The van der Waals surface area contributed by atoms with Gasteiger partial charge in [0, 0.05) is 20.4 Å². The number of unbranched alkanes of at least 4 members (excludes halogenated alkanes) is 1. The monoisotopic (exact) mass is 632 g/mol. The molecule has 0 amide bonds. The molecule has 2 aromatic carbocycles. The molecule has 2 aromatic rings. The Morgan fingerprint density at radius 3 is 1.59 bits per heavy atom. The molecule has 2 N–H and O–H groups in total. The molecule has 8 aliphatic carbocycles. The van der Waals surface area contributed by atoms with E-state index in [4.69, 9.17) is 5.73 Å². The summed E-state index contributed by atoms with van der Waals surface area (Å²) in [4.78, 5) is 0. The molecular weight excluding hydrogens is 584 g/mol. The van der Waals surface area contributed by atoms with E-state index in [0.29, 0.717) is 0 Å². The van der Waals surface area contributed by atoms with Gasteiger partial charge in [-0.05, 0) is 147 Å². The van der Waals surface area contributed by atoms with Gasteiger partial charge in [0.1, 0.15) is 0 Å². The van der Waals surface area contributed by atoms with Crippen molar-refractivity contribution in [3.63, 3.8) is 0 Å². The molecule has 0 aromatic heterocycles. The van der Waals surface area contributed by atoms with E-state index in [2.05, 4.69) is 13.0 Å². The normalized spacial score (nSPS) is 39.5. The van der Waals surface area contributed by atoms with Crippen LogP contribution in [0.4, 0.5) is 5.69 Å². The summed E-state index contributed by atoms with van der Waals surface area (Å²) in [5, 5.41) is 1.76. The topological polar surface area (TPSA) is 26.0 Å². The summed E-state index contributed by atoms with van der Waals surface area (Å²) >= 11 is 0. The molecule has 0 aliphatic heterocycles. The second-order valence-electron chi connectivity index (χ2n) is 14.7. The van der Waals surface area contributed by atoms with Gasteiger partial charge in [0.2, 0.25) is 0 Å². The third-order valence-corrected chi connectivity index (χ3v) is 16.0. The Morgan fingerprint density at radius 2 is 1.18 bits per heavy atom. The van der Waals surface area contributed by atoms with E-state index in [1.165, 1.54) is 6.42 Å². The maximum absolute atomic E-state index is 5.83. The zero-order chi connectivity index (χ0) is 25.7. The molecule has 0 saturated heterocycles. The molecule has 8 bridgehead atoms. The van der Waals surface area contributed by atoms with Gasteiger partial charge in [-0.2, -0.15) is 0 Å². The van der Waals surface area contributed by atoms with Gasteiger partial charge in [-0.3, -0.25) is 0 Å². The number of para-hydroxylation sites is 1. The summed E-state index contributed by atoms with van der Waals surface area (Å²) in [6.45, 7) is 2.45. The molecule has 0 unspecified atom stereocenters. The van der Waals surface area contributed by atoms with E-state index in [1.54, 1.807) is 89.6 Å². The smallest absolute Gasteiger partial charge is 0 e. The van der Waals surface area contributed by atoms with Crippen LogP contribution in [0.1, 0.15) is 96.8 Å². The summed E-state index contributed by atoms with van der Waals surface area (Å²) in [5.41, 5.74) is 8.72. The first-order valence-electron chi connectivity index (χ1n) is 16.1. The number of hydrogen-bond donors (Lipinski definition) is 1. The molecule has 39 heavy (non-hydrogen) atoms. The Labute approximate surface area is 253 Å². The minimum atomic E-state index is 0. The third kappa shape index (κ3) is 5.47. The van der Waals surface area contributed by atoms with Crippen molar-refractivity contribution in [3.8, 4) is 11.1 Å². The molecule has 8 saturated carbocycles. The molecular formula is C36H49NPPd-. The number of hydrogen-bond acceptors (Lipinski definition) is 1. The summed E-state index contributed by atoms with van der Waals surface area (Å²) in [5.74, 6) is 6.95. The van der Waals surface area contributed by atoms with Gasteiger partial charge >= 0.3 is 0 Å². The molecule has 0 radical (unpaired) electrons. The van der Waals surface area contributed by atoms with E-state index < -0.39 is 0 Å². The van der Waals surface area contributed by atoms with E-state index in [1.807, 2.05) is 48.5 Å². The molecule has 214 valence electrons. The van der Waals surface area contributed by atoms with Crippen molar-refractivity contribution in [1.82, 2.24) is 0 Å². The van der Waals surface area contributed by atoms with Crippen LogP contribution in [0.5, 0.6) is 0 Å². The first kappa shape index (κ1) is 28.5. The second kappa shape index (κ2) is 11.5. The molecule has 8 aliphatic rings. The predicted octanol–water partition coefficient (Wildman–Crippen LogP) is 9.94. The van der Waals surface area contributed by atoms with Crippen LogP contribution < -0.4 is 5.73 Å². The molecule has 1 nitrogen and oxygen atoms in total. The standard InChI is InChI=1S/C24H39P.C12H10N.Pd/c1-2-3-4-25(23-11-17-5-18(12-23)7-19(6-17)13-23)24-14-20-8-21(15-24)10-22(9-20)16-24;13-12-9-5-4-8-11(12)10-6-2-1-3-7-10;/h17-22H,2-16H2,1H3;1-6,8-9H,13H2;/q;-1;. The van der Waals surface area contributed by atoms with Crippen molar-refractivity contribution in [2.24, 2.45) is 35.5 Å². The number of anilines is 1. The van der Waals surface area contributed by atoms with Gasteiger partial charge in [-0.15, -0.1) is 35.9 Å². The summed E-state index contributed by atoms with van der Waals surface area (Å²) < 4.78 is 0. The van der Waals surface area contributed by atoms with Crippen LogP contribution in [0, 0.1) is 41.6 Å². The fourth-order valence-corrected chi connectivity index (χ4v) is 16.8. The fraction of sp³-hybridized carbons (Fsp3) is 0.667. The van der Waals surface area contributed by atoms with E-state index in [-0.39, 0.29) is 28.3 Å². The van der Waals surface area contributed by atoms with Gasteiger partial charge in [0.25, 0.3) is 0 Å². The number of nitrogens with two attached hydrogens (primary N) is 1. The van der Waals surface area contributed by atoms with Crippen LogP contribution in [0.2, 0.25) is 0 Å². The molecule has 0 heterocycles. The maximum atomic E-state index is 5.83. The first-order valence-corrected chi connectivity index (χ1v) is 17.7. The summed E-state index contributed by atoms with van der Waals surface area (Å²) in [6.07, 6.45) is 24.6. The van der Waals surface area contributed by atoms with Crippen molar-refractivity contribution in [2.45, 2.75) is 107 Å². The van der Waals surface area contributed by atoms with Gasteiger partial charge in [0.15, 0.2) is 0 Å². The van der Waals surface area contributed by atoms with E-state index >= 15 is 0 Å². The van der Waals surface area contributed by atoms with Crippen molar-refractivity contribution in [3.05, 3.63) is 54.6 Å². The second-order valence-corrected chi connectivity index (χ2v) is 17.9. The number of rotatable bonds is 6. The minimum Gasteiger partial charge on any atom is -0.406 e. The van der Waals surface area contributed by atoms with Crippen molar-refractivity contribution < 1.29 is 20.4 Å². The van der Waals surface area contributed by atoms with Crippen molar-refractivity contribution in [1.29, 1.82) is 0 Å². The molecule has 0 atom stereocenters. The largest absolute Gasteiger partial charge is 0.406 e. The van der Waals surface area contributed by atoms with E-state index in [9.17, 15) is 0 Å². The fourth-order valence-electron chi connectivity index (χ4n) is 11.4. The van der Waals surface area contributed by atoms with E-state index in [0.717, 1.165) is 62.6 Å². The quantitative estimate of drug-likeness (QED) is 0.146. The Bertz CT molecular complexity index is 997. The van der Waals surface area contributed by atoms with Gasteiger partial charge in [-0.25, -0.2) is 0 Å². The predicted molar refractivity (Wildman–Crippen MR) is 164 cm³/mol. The molecule has 10 rings (SSSR count). The number of nitrogen functional groups attached to an aromatic ring is 1. The molecule has 3 heteroatoms. The van der Waals surface area contributed by atoms with Crippen LogP contribution in [-0.2, 0) is 20.4 Å². The average molecular weight is 633 g/mol. The van der Waals surface area contributed by atoms with Crippen LogP contribution in [0.25, 0.3) is 11.1 Å². The zero-order valence-electron chi connectivity index (χ0n) is 24.0. The summed E-state index contributed by atoms with van der Waals surface area (Å²) in [7, 11) is 0.285. The van der Waals surface area contributed by atoms with Crippen LogP contribution in [0.3, 0.4) is 0 Å². The van der Waals surface area contributed by atoms with Crippen LogP contribution >= 0.6 is 7.92 Å². The minimum absolute atomic E-state index is 0. The number of benzene rings is 2. The third-order valence-electron chi connectivity index (χ3n) is 11.9. The molecule has 0 spiro atoms. The van der Waals surface area contributed by atoms with Crippen LogP contribution in [-0.4, -0.2) is 16.5 Å². The Hall–Kier alpha value is -0.668. The van der Waals surface area contributed by atoms with Gasteiger partial charge < -0.3 is 5.73 Å². The SMILES string of the molecule is CCCCP(C12CC3CC(CC(C3)C1)C2)C12CC3CC(CC(C3)C1)C2.Nc1ccccc1-c1[c-]cccc1.[Pd]. The summed E-state index contributed by atoms with van der Waals surface area (Å²) in [6, 6.07) is 18.8. The average Bonchev–Trinajstić information content (AvgIpc) is 2.88.